The van der Waals surface area contributed by atoms with Gasteiger partial charge in [-0.25, -0.2) is 14.2 Å². The van der Waals surface area contributed by atoms with Gasteiger partial charge in [-0.3, -0.25) is 14.5 Å². The van der Waals surface area contributed by atoms with Crippen LogP contribution in [0.2, 0.25) is 0 Å². The highest BCUT2D eigenvalue weighted by Gasteiger charge is 2.48. The topological polar surface area (TPSA) is 106 Å². The van der Waals surface area contributed by atoms with Crippen molar-refractivity contribution >= 4 is 39.9 Å². The Morgan fingerprint density at radius 2 is 1.90 bits per heavy atom. The van der Waals surface area contributed by atoms with Crippen molar-refractivity contribution in [2.75, 3.05) is 18.1 Å². The number of nitrogens with zero attached hydrogens (tertiary/aromatic N) is 2. The lowest BCUT2D eigenvalue weighted by Crippen LogP contribution is -2.29. The van der Waals surface area contributed by atoms with Crippen LogP contribution in [-0.4, -0.2) is 41.0 Å². The highest BCUT2D eigenvalue weighted by atomic mass is 32.1. The smallest absolute Gasteiger partial charge is 0.350 e. The molecule has 1 amide bonds. The highest BCUT2D eigenvalue weighted by molar-refractivity contribution is 7.17. The molecule has 40 heavy (non-hydrogen) atoms. The number of hydrogen-bond acceptors (Lipinski definition) is 8. The Morgan fingerprint density at radius 3 is 2.55 bits per heavy atom. The van der Waals surface area contributed by atoms with Crippen molar-refractivity contribution in [3.63, 3.8) is 0 Å². The second-order valence-corrected chi connectivity index (χ2v) is 10.8. The van der Waals surface area contributed by atoms with Crippen molar-refractivity contribution in [3.8, 4) is 5.75 Å². The van der Waals surface area contributed by atoms with E-state index in [1.807, 2.05) is 13.8 Å². The monoisotopic (exact) mass is 566 g/mol. The van der Waals surface area contributed by atoms with E-state index >= 15 is 0 Å². The van der Waals surface area contributed by atoms with Gasteiger partial charge < -0.3 is 14.6 Å². The Balaban J connectivity index is 1.78. The maximum Gasteiger partial charge on any atom is 0.350 e. The Bertz CT molecular complexity index is 1450. The summed E-state index contributed by atoms with van der Waals surface area (Å²) in [6, 6.07) is 10.8. The summed E-state index contributed by atoms with van der Waals surface area (Å²) >= 11 is 0.899. The summed E-state index contributed by atoms with van der Waals surface area (Å²) in [5.41, 5.74) is 0.659. The highest BCUT2D eigenvalue weighted by Crippen LogP contribution is 2.44. The van der Waals surface area contributed by atoms with Gasteiger partial charge >= 0.3 is 11.9 Å². The molecule has 10 heteroatoms. The van der Waals surface area contributed by atoms with E-state index in [1.165, 1.54) is 18.2 Å². The van der Waals surface area contributed by atoms with Crippen molar-refractivity contribution in [1.29, 1.82) is 0 Å². The summed E-state index contributed by atoms with van der Waals surface area (Å²) in [5.74, 6) is -2.76. The molecule has 0 bridgehead atoms. The van der Waals surface area contributed by atoms with Crippen molar-refractivity contribution in [3.05, 3.63) is 81.6 Å². The third-order valence-electron chi connectivity index (χ3n) is 6.23. The fourth-order valence-electron chi connectivity index (χ4n) is 4.20. The average Bonchev–Trinajstić information content (AvgIpc) is 3.44. The summed E-state index contributed by atoms with van der Waals surface area (Å²) in [5, 5.41) is 11.4. The van der Waals surface area contributed by atoms with Gasteiger partial charge in [-0.05, 0) is 61.2 Å². The zero-order valence-electron chi connectivity index (χ0n) is 22.8. The zero-order chi connectivity index (χ0) is 29.0. The molecule has 1 atom stereocenters. The van der Waals surface area contributed by atoms with E-state index in [-0.39, 0.29) is 39.2 Å². The van der Waals surface area contributed by atoms with Gasteiger partial charge in [0.15, 0.2) is 5.13 Å². The lowest BCUT2D eigenvalue weighted by Gasteiger charge is -2.23. The van der Waals surface area contributed by atoms with Gasteiger partial charge in [0.1, 0.15) is 22.2 Å². The van der Waals surface area contributed by atoms with E-state index in [2.05, 4.69) is 11.9 Å². The van der Waals surface area contributed by atoms with Gasteiger partial charge in [0.25, 0.3) is 5.78 Å². The number of anilines is 1. The number of amides is 1. The number of aliphatic hydroxyl groups excluding tert-OH is 1. The first-order valence-electron chi connectivity index (χ1n) is 13.1. The molecule has 2 heterocycles. The van der Waals surface area contributed by atoms with Gasteiger partial charge in [0.05, 0.1) is 30.5 Å². The van der Waals surface area contributed by atoms with Crippen LogP contribution in [-0.2, 0) is 14.3 Å². The minimum Gasteiger partial charge on any atom is -0.507 e. The largest absolute Gasteiger partial charge is 0.507 e. The number of hydrogen-bond donors (Lipinski definition) is 1. The second-order valence-electron chi connectivity index (χ2n) is 9.85. The van der Waals surface area contributed by atoms with Crippen LogP contribution in [0.3, 0.4) is 0 Å². The maximum atomic E-state index is 14.3. The van der Waals surface area contributed by atoms with Crippen molar-refractivity contribution in [2.45, 2.75) is 46.6 Å². The summed E-state index contributed by atoms with van der Waals surface area (Å²) < 4.78 is 25.3. The van der Waals surface area contributed by atoms with Crippen molar-refractivity contribution < 1.29 is 33.4 Å². The Hall–Kier alpha value is -4.05. The molecule has 0 saturated carbocycles. The lowest BCUT2D eigenvalue weighted by atomic mass is 9.95. The van der Waals surface area contributed by atoms with E-state index in [0.717, 1.165) is 29.1 Å². The Morgan fingerprint density at radius 1 is 1.18 bits per heavy atom. The predicted octanol–water partition coefficient (Wildman–Crippen LogP) is 6.21. The summed E-state index contributed by atoms with van der Waals surface area (Å²) in [4.78, 5) is 45.1. The van der Waals surface area contributed by atoms with Gasteiger partial charge in [0, 0.05) is 5.56 Å². The molecule has 210 valence electrons. The average molecular weight is 567 g/mol. The first kappa shape index (κ1) is 28.9. The Labute approximate surface area is 236 Å². The standard InChI is InChI=1S/C30H31FN2O6S/c1-5-6-14-38-22-12-10-19(11-13-22)25(34)23-24(20-8-7-9-21(31)15-20)33(28(36)26(23)35)30-32-18(4)27(40-30)29(37)39-16-17(2)3/h7-13,15,17,24,34H,5-6,14,16H2,1-4H3/b25-23+. The van der Waals surface area contributed by atoms with Crippen LogP contribution < -0.4 is 9.64 Å². The number of benzene rings is 2. The lowest BCUT2D eigenvalue weighted by molar-refractivity contribution is -0.132. The molecule has 8 nitrogen and oxygen atoms in total. The first-order valence-corrected chi connectivity index (χ1v) is 13.9. The number of unbranched alkanes of at least 4 members (excludes halogenated alkanes) is 1. The molecule has 1 aliphatic heterocycles. The van der Waals surface area contributed by atoms with Crippen molar-refractivity contribution in [2.24, 2.45) is 5.92 Å². The van der Waals surface area contributed by atoms with Crippen LogP contribution in [0, 0.1) is 18.7 Å². The molecule has 1 unspecified atom stereocenters. The number of rotatable bonds is 10. The van der Waals surface area contributed by atoms with Gasteiger partial charge in [-0.2, -0.15) is 0 Å². The number of aryl methyl sites for hydroxylation is 1. The van der Waals surface area contributed by atoms with E-state index in [1.54, 1.807) is 37.3 Å². The number of ketones is 1. The number of aliphatic hydroxyl groups is 1. The number of thiazole rings is 1. The number of Topliss-reactive ketones (excluding diaryl/α,β-unsaturated/α-hetero) is 1. The summed E-state index contributed by atoms with van der Waals surface area (Å²) in [7, 11) is 0. The minimum absolute atomic E-state index is 0.0593. The molecule has 2 aromatic carbocycles. The molecule has 3 aromatic rings. The van der Waals surface area contributed by atoms with Gasteiger partial charge in [0.2, 0.25) is 0 Å². The molecular formula is C30H31FN2O6S. The fraction of sp³-hybridized carbons (Fsp3) is 0.333. The van der Waals surface area contributed by atoms with Crippen LogP contribution in [0.1, 0.15) is 66.1 Å². The number of esters is 1. The third kappa shape index (κ3) is 6.07. The predicted molar refractivity (Wildman–Crippen MR) is 150 cm³/mol. The van der Waals surface area contributed by atoms with Crippen LogP contribution >= 0.6 is 11.3 Å². The van der Waals surface area contributed by atoms with Crippen LogP contribution in [0.5, 0.6) is 5.75 Å². The molecule has 1 aliphatic rings. The van der Waals surface area contributed by atoms with Crippen molar-refractivity contribution in [1.82, 2.24) is 4.98 Å². The normalized spacial score (nSPS) is 16.6. The molecule has 0 radical (unpaired) electrons. The molecule has 4 rings (SSSR count). The number of carbonyl (C=O) groups is 3. The number of aromatic nitrogens is 1. The van der Waals surface area contributed by atoms with Crippen LogP contribution in [0.25, 0.3) is 5.76 Å². The third-order valence-corrected chi connectivity index (χ3v) is 7.36. The van der Waals surface area contributed by atoms with Crippen LogP contribution in [0.4, 0.5) is 9.52 Å². The molecule has 0 aliphatic carbocycles. The van der Waals surface area contributed by atoms with Gasteiger partial charge in [-0.1, -0.05) is 50.7 Å². The molecule has 0 spiro atoms. The number of carbonyl (C=O) groups excluding carboxylic acids is 3. The molecule has 1 N–H and O–H groups in total. The zero-order valence-corrected chi connectivity index (χ0v) is 23.6. The number of halogens is 1. The summed E-state index contributed by atoms with van der Waals surface area (Å²) in [6.07, 6.45) is 1.88. The SMILES string of the molecule is CCCCOc1ccc(/C(O)=C2\C(=O)C(=O)N(c3nc(C)c(C(=O)OCC(C)C)s3)C2c2cccc(F)c2)cc1. The van der Waals surface area contributed by atoms with E-state index in [4.69, 9.17) is 9.47 Å². The second kappa shape index (κ2) is 12.4. The first-order chi connectivity index (χ1) is 19.1. The van der Waals surface area contributed by atoms with Gasteiger partial charge in [-0.15, -0.1) is 0 Å². The summed E-state index contributed by atoms with van der Waals surface area (Å²) in [6.45, 7) is 8.23. The molecular weight excluding hydrogens is 535 g/mol. The Kier molecular flexibility index (Phi) is 8.99. The van der Waals surface area contributed by atoms with Crippen LogP contribution in [0.15, 0.2) is 54.1 Å². The molecule has 1 aromatic heterocycles. The molecule has 1 saturated heterocycles. The van der Waals surface area contributed by atoms with E-state index in [9.17, 15) is 23.9 Å². The maximum absolute atomic E-state index is 14.3. The molecule has 1 fully saturated rings. The number of ether oxygens (including phenoxy) is 2. The van der Waals surface area contributed by atoms with E-state index < -0.39 is 35.3 Å². The van der Waals surface area contributed by atoms with E-state index in [0.29, 0.717) is 18.1 Å². The fourth-order valence-corrected chi connectivity index (χ4v) is 5.19. The quantitative estimate of drug-likeness (QED) is 0.102. The minimum atomic E-state index is -1.18.